The molecule has 3 nitrogen and oxygen atoms in total. The van der Waals surface area contributed by atoms with Crippen LogP contribution < -0.4 is 5.11 Å². The van der Waals surface area contributed by atoms with Crippen LogP contribution in [-0.4, -0.2) is 17.2 Å². The molecule has 0 radical (unpaired) electrons. The summed E-state index contributed by atoms with van der Waals surface area (Å²) < 4.78 is 0. The number of carboxylic acids is 1. The van der Waals surface area contributed by atoms with Crippen LogP contribution in [0.5, 0.6) is 0 Å². The highest BCUT2D eigenvalue weighted by molar-refractivity contribution is 5.64. The number of carbonyl (C=O) groups excluding carboxylic acids is 1. The smallest absolute Gasteiger partial charge is 0.0540 e. The summed E-state index contributed by atoms with van der Waals surface area (Å²) in [6.45, 7) is 2.00. The monoisotopic (exact) mass is 319 g/mol. The van der Waals surface area contributed by atoms with E-state index in [4.69, 9.17) is 0 Å². The zero-order chi connectivity index (χ0) is 17.2. The molecule has 23 heavy (non-hydrogen) atoms. The van der Waals surface area contributed by atoms with Crippen LogP contribution in [0.1, 0.15) is 64.7 Å². The highest BCUT2D eigenvalue weighted by Crippen LogP contribution is 2.02. The third-order valence-corrected chi connectivity index (χ3v) is 3.37. The first kappa shape index (κ1) is 21.4. The average molecular weight is 319 g/mol. The van der Waals surface area contributed by atoms with Crippen molar-refractivity contribution < 1.29 is 15.0 Å². The van der Waals surface area contributed by atoms with Crippen molar-refractivity contribution >= 4 is 5.97 Å². The molecule has 0 heterocycles. The second-order valence-corrected chi connectivity index (χ2v) is 5.50. The first-order valence-corrected chi connectivity index (χ1v) is 8.64. The predicted octanol–water partition coefficient (Wildman–Crippen LogP) is 3.85. The number of hydrogen-bond donors (Lipinski definition) is 1. The minimum absolute atomic E-state index is 0.138. The van der Waals surface area contributed by atoms with Crippen LogP contribution in [0.15, 0.2) is 48.6 Å². The molecule has 130 valence electrons. The standard InChI is InChI=1S/C20H32O3/c1-2-19(21)17-15-13-11-9-7-5-3-4-6-8-10-12-14-16-18-20(22)23/h4-7,10-13,19,21H,2-3,8-9,14-18H2,1H3,(H,22,23)/p-1/b6-4-,7-5-,12-10-,13-11-/t19-/m1/s1. The van der Waals surface area contributed by atoms with Gasteiger partial charge in [0.1, 0.15) is 0 Å². The number of aliphatic carboxylic acids is 1. The number of aliphatic hydroxyl groups excluding tert-OH is 1. The van der Waals surface area contributed by atoms with Crippen LogP contribution >= 0.6 is 0 Å². The van der Waals surface area contributed by atoms with Gasteiger partial charge in [0.2, 0.25) is 0 Å². The van der Waals surface area contributed by atoms with Crippen molar-refractivity contribution in [3.05, 3.63) is 48.6 Å². The maximum Gasteiger partial charge on any atom is 0.0540 e. The third kappa shape index (κ3) is 18.3. The molecule has 0 aliphatic carbocycles. The quantitative estimate of drug-likeness (QED) is 0.391. The van der Waals surface area contributed by atoms with Gasteiger partial charge in [-0.15, -0.1) is 0 Å². The lowest BCUT2D eigenvalue weighted by atomic mass is 10.1. The van der Waals surface area contributed by atoms with Gasteiger partial charge in [-0.1, -0.05) is 55.5 Å². The highest BCUT2D eigenvalue weighted by Gasteiger charge is 1.96. The summed E-state index contributed by atoms with van der Waals surface area (Å²) in [6, 6.07) is 0. The third-order valence-electron chi connectivity index (χ3n) is 3.37. The van der Waals surface area contributed by atoms with Gasteiger partial charge in [-0.05, 0) is 57.8 Å². The molecular formula is C20H31O3-. The molecule has 0 amide bonds. The highest BCUT2D eigenvalue weighted by atomic mass is 16.4. The van der Waals surface area contributed by atoms with Crippen molar-refractivity contribution in [1.29, 1.82) is 0 Å². The van der Waals surface area contributed by atoms with Gasteiger partial charge < -0.3 is 15.0 Å². The second kappa shape index (κ2) is 16.8. The molecule has 0 spiro atoms. The number of carboxylic acid groups (broad SMARTS) is 1. The lowest BCUT2D eigenvalue weighted by molar-refractivity contribution is -0.305. The van der Waals surface area contributed by atoms with Gasteiger partial charge in [0.05, 0.1) is 6.10 Å². The number of hydrogen-bond acceptors (Lipinski definition) is 3. The molecule has 0 aromatic heterocycles. The normalized spacial score (nSPS) is 13.8. The summed E-state index contributed by atoms with van der Waals surface area (Å²) in [7, 11) is 0. The van der Waals surface area contributed by atoms with Crippen molar-refractivity contribution in [3.63, 3.8) is 0 Å². The first-order valence-electron chi connectivity index (χ1n) is 8.64. The number of rotatable bonds is 14. The van der Waals surface area contributed by atoms with E-state index >= 15 is 0 Å². The average Bonchev–Trinajstić information content (AvgIpc) is 2.53. The van der Waals surface area contributed by atoms with Gasteiger partial charge in [0.25, 0.3) is 0 Å². The molecule has 0 saturated heterocycles. The molecule has 1 N–H and O–H groups in total. The molecule has 0 bridgehead atoms. The second-order valence-electron chi connectivity index (χ2n) is 5.50. The molecular weight excluding hydrogens is 288 g/mol. The zero-order valence-electron chi connectivity index (χ0n) is 14.3. The van der Waals surface area contributed by atoms with E-state index in [9.17, 15) is 15.0 Å². The van der Waals surface area contributed by atoms with Crippen molar-refractivity contribution in [3.8, 4) is 0 Å². The van der Waals surface area contributed by atoms with Gasteiger partial charge >= 0.3 is 0 Å². The van der Waals surface area contributed by atoms with Crippen LogP contribution in [0.3, 0.4) is 0 Å². The van der Waals surface area contributed by atoms with Gasteiger partial charge in [0.15, 0.2) is 0 Å². The molecule has 0 saturated carbocycles. The van der Waals surface area contributed by atoms with E-state index in [-0.39, 0.29) is 12.5 Å². The van der Waals surface area contributed by atoms with E-state index in [1.54, 1.807) is 0 Å². The largest absolute Gasteiger partial charge is 0.550 e. The van der Waals surface area contributed by atoms with Crippen molar-refractivity contribution in [1.82, 2.24) is 0 Å². The Labute approximate surface area is 141 Å². The fourth-order valence-electron chi connectivity index (χ4n) is 1.91. The molecule has 3 heteroatoms. The van der Waals surface area contributed by atoms with Gasteiger partial charge in [0, 0.05) is 5.97 Å². The fourth-order valence-corrected chi connectivity index (χ4v) is 1.91. The number of carbonyl (C=O) groups is 1. The van der Waals surface area contributed by atoms with Crippen LogP contribution in [0.4, 0.5) is 0 Å². The molecule has 0 rings (SSSR count). The molecule has 0 fully saturated rings. The maximum atomic E-state index is 10.2. The van der Waals surface area contributed by atoms with Gasteiger partial charge in [-0.25, -0.2) is 0 Å². The number of unbranched alkanes of at least 4 members (excludes halogenated alkanes) is 1. The summed E-state index contributed by atoms with van der Waals surface area (Å²) in [5.41, 5.74) is 0. The topological polar surface area (TPSA) is 60.4 Å². The number of allylic oxidation sites excluding steroid dienone is 8. The Morgan fingerprint density at radius 3 is 1.87 bits per heavy atom. The Balaban J connectivity index is 3.46. The van der Waals surface area contributed by atoms with E-state index < -0.39 is 5.97 Å². The Bertz CT molecular complexity index is 392. The lowest BCUT2D eigenvalue weighted by Crippen LogP contribution is -2.21. The summed E-state index contributed by atoms with van der Waals surface area (Å²) in [4.78, 5) is 10.2. The molecule has 0 aromatic rings. The summed E-state index contributed by atoms with van der Waals surface area (Å²) >= 11 is 0. The minimum Gasteiger partial charge on any atom is -0.550 e. The van der Waals surface area contributed by atoms with E-state index in [0.717, 1.165) is 44.9 Å². The number of aliphatic hydroxyl groups is 1. The fraction of sp³-hybridized carbons (Fsp3) is 0.550. The van der Waals surface area contributed by atoms with E-state index in [1.165, 1.54) is 0 Å². The van der Waals surface area contributed by atoms with Crippen molar-refractivity contribution in [2.24, 2.45) is 0 Å². The maximum absolute atomic E-state index is 10.2. The molecule has 0 unspecified atom stereocenters. The predicted molar refractivity (Wildman–Crippen MR) is 94.8 cm³/mol. The first-order chi connectivity index (χ1) is 11.2. The van der Waals surface area contributed by atoms with E-state index in [1.807, 2.05) is 13.0 Å². The van der Waals surface area contributed by atoms with Crippen LogP contribution in [0.25, 0.3) is 0 Å². The van der Waals surface area contributed by atoms with Crippen LogP contribution in [-0.2, 0) is 4.79 Å². The van der Waals surface area contributed by atoms with Gasteiger partial charge in [-0.3, -0.25) is 0 Å². The van der Waals surface area contributed by atoms with Crippen LogP contribution in [0.2, 0.25) is 0 Å². The Morgan fingerprint density at radius 1 is 0.913 bits per heavy atom. The Hall–Kier alpha value is -1.61. The summed E-state index contributed by atoms with van der Waals surface area (Å²) in [5.74, 6) is -0.974. The Kier molecular flexibility index (Phi) is 15.6. The van der Waals surface area contributed by atoms with Gasteiger partial charge in [-0.2, -0.15) is 0 Å². The summed E-state index contributed by atoms with van der Waals surface area (Å²) in [5, 5.41) is 19.6. The Morgan fingerprint density at radius 2 is 1.39 bits per heavy atom. The van der Waals surface area contributed by atoms with E-state index in [0.29, 0.717) is 6.42 Å². The summed E-state index contributed by atoms with van der Waals surface area (Å²) in [6.07, 6.45) is 23.7. The van der Waals surface area contributed by atoms with Crippen LogP contribution in [0, 0.1) is 0 Å². The molecule has 1 atom stereocenters. The van der Waals surface area contributed by atoms with Crippen molar-refractivity contribution in [2.75, 3.05) is 0 Å². The molecule has 0 aromatic carbocycles. The zero-order valence-corrected chi connectivity index (χ0v) is 14.3. The molecule has 0 aliphatic heterocycles. The van der Waals surface area contributed by atoms with E-state index in [2.05, 4.69) is 42.5 Å². The minimum atomic E-state index is -0.974. The molecule has 0 aliphatic rings. The lowest BCUT2D eigenvalue weighted by Gasteiger charge is -2.03. The van der Waals surface area contributed by atoms with Crippen molar-refractivity contribution in [2.45, 2.75) is 70.8 Å². The SMILES string of the molecule is CC[C@@H](O)CC/C=C\C/C=C\C/C=C\C/C=C\CCCC(=O)[O-].